The summed E-state index contributed by atoms with van der Waals surface area (Å²) in [5.41, 5.74) is 0. The van der Waals surface area contributed by atoms with Crippen molar-refractivity contribution in [2.45, 2.75) is 5.82 Å². The zero-order chi connectivity index (χ0) is 4.57. The summed E-state index contributed by atoms with van der Waals surface area (Å²) in [6.07, 6.45) is 0. The zero-order valence-corrected chi connectivity index (χ0v) is 3.99. The molecule has 30 valence electrons. The third-order valence-corrected chi connectivity index (χ3v) is 1.82. The van der Waals surface area contributed by atoms with Crippen molar-refractivity contribution in [1.29, 1.82) is 0 Å². The lowest BCUT2D eigenvalue weighted by molar-refractivity contribution is -0.111. The number of rotatable bonds is 0. The lowest BCUT2D eigenvalue weighted by Crippen LogP contribution is -2.18. The largest absolute Gasteiger partial charge is 0.288 e. The molecule has 1 nitrogen and oxygen atoms in total. The van der Waals surface area contributed by atoms with E-state index < -0.39 is 0 Å². The van der Waals surface area contributed by atoms with Crippen molar-refractivity contribution in [2.24, 2.45) is 0 Å². The van der Waals surface area contributed by atoms with Crippen LogP contribution in [0.3, 0.4) is 0 Å². The van der Waals surface area contributed by atoms with Crippen molar-refractivity contribution in [3.8, 4) is 0 Å². The Morgan fingerprint density at radius 2 is 2.50 bits per heavy atom. The molecule has 0 aliphatic carbocycles. The van der Waals surface area contributed by atoms with E-state index in [9.17, 15) is 4.79 Å². The van der Waals surface area contributed by atoms with E-state index in [4.69, 9.17) is 7.85 Å². The summed E-state index contributed by atoms with van der Waals surface area (Å²) in [7, 11) is 5.15. The molecule has 0 N–H and O–H groups in total. The minimum Gasteiger partial charge on any atom is -0.288 e. The average Bonchev–Trinajstić information content (AvgIpc) is 1.61. The van der Waals surface area contributed by atoms with Crippen molar-refractivity contribution in [3.05, 3.63) is 0 Å². The normalized spacial score (nSPS) is 32.7. The third kappa shape index (κ3) is 0.471. The van der Waals surface area contributed by atoms with E-state index >= 15 is 0 Å². The Balaban J connectivity index is 2.39. The van der Waals surface area contributed by atoms with E-state index in [0.29, 0.717) is 0 Å². The molecule has 1 heterocycles. The van der Waals surface area contributed by atoms with Crippen molar-refractivity contribution < 1.29 is 4.79 Å². The monoisotopic (exact) mass is 98.0 g/mol. The second-order valence-corrected chi connectivity index (χ2v) is 2.26. The first kappa shape index (κ1) is 4.25. The minimum absolute atomic E-state index is 0.134. The molecule has 3 heteroatoms. The van der Waals surface area contributed by atoms with E-state index in [0.717, 1.165) is 5.75 Å². The van der Waals surface area contributed by atoms with Crippen LogP contribution in [0.2, 0.25) is 5.82 Å². The highest BCUT2D eigenvalue weighted by Crippen LogP contribution is 2.28. The summed E-state index contributed by atoms with van der Waals surface area (Å²) in [5, 5.41) is 0.134. The van der Waals surface area contributed by atoms with Gasteiger partial charge in [0, 0.05) is 5.75 Å². The van der Waals surface area contributed by atoms with Crippen LogP contribution in [0.25, 0.3) is 0 Å². The van der Waals surface area contributed by atoms with E-state index in [1.54, 1.807) is 0 Å². The van der Waals surface area contributed by atoms with E-state index in [1.165, 1.54) is 11.8 Å². The smallest absolute Gasteiger partial charge is 0.184 e. The van der Waals surface area contributed by atoms with Gasteiger partial charge >= 0.3 is 0 Å². The highest BCUT2D eigenvalue weighted by atomic mass is 32.2. The van der Waals surface area contributed by atoms with Gasteiger partial charge in [-0.05, 0) is 5.82 Å². The van der Waals surface area contributed by atoms with Crippen LogP contribution < -0.4 is 0 Å². The van der Waals surface area contributed by atoms with Gasteiger partial charge in [0.05, 0.1) is 7.85 Å². The molecule has 1 fully saturated rings. The van der Waals surface area contributed by atoms with Crippen LogP contribution in [0.15, 0.2) is 0 Å². The van der Waals surface area contributed by atoms with Crippen molar-refractivity contribution in [3.63, 3.8) is 0 Å². The van der Waals surface area contributed by atoms with Gasteiger partial charge in [0.15, 0.2) is 5.12 Å². The fourth-order valence-corrected chi connectivity index (χ4v) is 0.743. The number of carbonyl (C=O) groups excluding carboxylic acids is 1. The SMILES string of the molecule is [B]C1CSC1=O. The molecule has 0 aromatic heterocycles. The molecule has 0 aromatic rings. The second-order valence-electron chi connectivity index (χ2n) is 1.24. The number of carbonyl (C=O) groups is 1. The summed E-state index contributed by atoms with van der Waals surface area (Å²) < 4.78 is 0. The van der Waals surface area contributed by atoms with Gasteiger partial charge in [0.1, 0.15) is 0 Å². The van der Waals surface area contributed by atoms with Gasteiger partial charge in [0.2, 0.25) is 0 Å². The maximum absolute atomic E-state index is 10.1. The van der Waals surface area contributed by atoms with Crippen molar-refractivity contribution >= 4 is 24.7 Å². The molecule has 1 atom stereocenters. The van der Waals surface area contributed by atoms with Crippen LogP contribution >= 0.6 is 11.8 Å². The minimum atomic E-state index is -0.144. The zero-order valence-electron chi connectivity index (χ0n) is 3.18. The lowest BCUT2D eigenvalue weighted by atomic mass is 9.90. The van der Waals surface area contributed by atoms with Crippen molar-refractivity contribution in [1.82, 2.24) is 0 Å². The van der Waals surface area contributed by atoms with Crippen LogP contribution in [0.5, 0.6) is 0 Å². The quantitative estimate of drug-likeness (QED) is 0.403. The molecule has 0 amide bonds. The van der Waals surface area contributed by atoms with Gasteiger partial charge in [-0.25, -0.2) is 0 Å². The topological polar surface area (TPSA) is 17.1 Å². The Hall–Kier alpha value is 0.0849. The highest BCUT2D eigenvalue weighted by molar-refractivity contribution is 8.16. The predicted molar refractivity (Wildman–Crippen MR) is 27.0 cm³/mol. The number of thioether (sulfide) groups is 1. The van der Waals surface area contributed by atoms with Crippen LogP contribution in [0.1, 0.15) is 0 Å². The number of hydrogen-bond donors (Lipinski definition) is 0. The van der Waals surface area contributed by atoms with E-state index in [-0.39, 0.29) is 10.9 Å². The summed E-state index contributed by atoms with van der Waals surface area (Å²) in [6.45, 7) is 0. The van der Waals surface area contributed by atoms with Crippen LogP contribution in [0, 0.1) is 0 Å². The first-order chi connectivity index (χ1) is 2.80. The molecular weight excluding hydrogens is 94.9 g/mol. The Kier molecular flexibility index (Phi) is 0.919. The maximum atomic E-state index is 10.1. The molecule has 1 aliphatic heterocycles. The lowest BCUT2D eigenvalue weighted by Gasteiger charge is -2.16. The fraction of sp³-hybridized carbons (Fsp3) is 0.667. The first-order valence-electron chi connectivity index (χ1n) is 1.73. The summed E-state index contributed by atoms with van der Waals surface area (Å²) >= 11 is 1.30. The van der Waals surface area contributed by atoms with Gasteiger partial charge in [0.25, 0.3) is 0 Å². The third-order valence-electron chi connectivity index (χ3n) is 0.708. The van der Waals surface area contributed by atoms with Crippen LogP contribution in [-0.2, 0) is 4.79 Å². The predicted octanol–water partition coefficient (Wildman–Crippen LogP) is 0.217. The Morgan fingerprint density at radius 3 is 2.50 bits per heavy atom. The Morgan fingerprint density at radius 1 is 2.00 bits per heavy atom. The Bertz CT molecular complexity index is 82.9. The highest BCUT2D eigenvalue weighted by Gasteiger charge is 2.22. The molecule has 1 saturated heterocycles. The van der Waals surface area contributed by atoms with Crippen LogP contribution in [0.4, 0.5) is 0 Å². The first-order valence-corrected chi connectivity index (χ1v) is 2.71. The van der Waals surface area contributed by atoms with E-state index in [1.807, 2.05) is 0 Å². The molecule has 0 bridgehead atoms. The average molecular weight is 97.9 g/mol. The molecule has 1 unspecified atom stereocenters. The molecule has 1 aliphatic rings. The van der Waals surface area contributed by atoms with Gasteiger partial charge in [-0.2, -0.15) is 0 Å². The van der Waals surface area contributed by atoms with Gasteiger partial charge in [-0.3, -0.25) is 4.79 Å². The van der Waals surface area contributed by atoms with Crippen LogP contribution in [-0.4, -0.2) is 18.7 Å². The molecule has 0 spiro atoms. The van der Waals surface area contributed by atoms with E-state index in [2.05, 4.69) is 0 Å². The summed E-state index contributed by atoms with van der Waals surface area (Å²) in [5.74, 6) is 0.675. The molecule has 1 rings (SSSR count). The summed E-state index contributed by atoms with van der Waals surface area (Å²) in [4.78, 5) is 10.1. The molecular formula is C3H3BOS. The summed E-state index contributed by atoms with van der Waals surface area (Å²) in [6, 6.07) is 0. The molecule has 2 radical (unpaired) electrons. The van der Waals surface area contributed by atoms with Gasteiger partial charge in [-0.15, -0.1) is 0 Å². The van der Waals surface area contributed by atoms with Crippen molar-refractivity contribution in [2.75, 3.05) is 5.75 Å². The molecule has 0 aromatic carbocycles. The molecule has 0 saturated carbocycles. The number of hydrogen-bond acceptors (Lipinski definition) is 2. The standard InChI is InChI=1S/C3H3BOS/c4-2-1-6-3(2)5/h2H,1H2. The van der Waals surface area contributed by atoms with Gasteiger partial charge in [-0.1, -0.05) is 11.8 Å². The van der Waals surface area contributed by atoms with Gasteiger partial charge < -0.3 is 0 Å². The molecule has 6 heavy (non-hydrogen) atoms. The fourth-order valence-electron chi connectivity index (χ4n) is 0.248. The second kappa shape index (κ2) is 1.30. The Labute approximate surface area is 41.9 Å². The maximum Gasteiger partial charge on any atom is 0.184 e.